The van der Waals surface area contributed by atoms with Gasteiger partial charge in [0.2, 0.25) is 0 Å². The fourth-order valence-corrected chi connectivity index (χ4v) is 7.01. The fourth-order valence-electron chi connectivity index (χ4n) is 4.60. The summed E-state index contributed by atoms with van der Waals surface area (Å²) in [5, 5.41) is 17.3. The molecule has 1 atom stereocenters. The number of thiophene rings is 2. The van der Waals surface area contributed by atoms with Crippen molar-refractivity contribution in [3.63, 3.8) is 0 Å². The number of carbonyl (C=O) groups is 2. The number of aryl methyl sites for hydroxylation is 1. The number of anilines is 1. The summed E-state index contributed by atoms with van der Waals surface area (Å²) in [7, 11) is 1.78. The molecule has 6 aromatic rings. The Hall–Kier alpha value is -4.41. The van der Waals surface area contributed by atoms with Crippen LogP contribution in [0.4, 0.5) is 10.6 Å². The third-order valence-electron chi connectivity index (χ3n) is 6.58. The normalized spacial score (nSPS) is 12.2. The minimum atomic E-state index is -0.847. The van der Waals surface area contributed by atoms with Gasteiger partial charge in [0.05, 0.1) is 18.2 Å². The third-order valence-corrected chi connectivity index (χ3v) is 8.95. The molecule has 0 unspecified atom stereocenters. The molecule has 3 N–H and O–H groups in total. The van der Waals surface area contributed by atoms with E-state index in [0.717, 1.165) is 52.3 Å². The monoisotopic (exact) mass is 556 g/mol. The summed E-state index contributed by atoms with van der Waals surface area (Å²) in [6, 6.07) is 19.9. The molecule has 6 rings (SSSR count). The lowest BCUT2D eigenvalue weighted by atomic mass is 10.1. The summed E-state index contributed by atoms with van der Waals surface area (Å²) < 4.78 is 9.50. The van der Waals surface area contributed by atoms with E-state index in [1.807, 2.05) is 49.4 Å². The zero-order valence-electron chi connectivity index (χ0n) is 21.1. The largest absolute Gasteiger partial charge is 0.481 e. The van der Waals surface area contributed by atoms with E-state index < -0.39 is 12.1 Å². The Balaban J connectivity index is 1.22. The van der Waals surface area contributed by atoms with Crippen molar-refractivity contribution in [3.05, 3.63) is 84.2 Å². The van der Waals surface area contributed by atoms with Crippen LogP contribution in [0.3, 0.4) is 0 Å². The Morgan fingerprint density at radius 3 is 2.59 bits per heavy atom. The number of nitrogens with one attached hydrogen (secondary N) is 2. The quantitative estimate of drug-likeness (QED) is 0.189. The number of aromatic nitrogens is 3. The molecule has 0 spiro atoms. The number of rotatable bonds is 7. The highest BCUT2D eigenvalue weighted by atomic mass is 32.1. The number of fused-ring (bicyclic) bond motifs is 2. The summed E-state index contributed by atoms with van der Waals surface area (Å²) in [4.78, 5) is 29.2. The number of H-pyrrole nitrogens is 1. The highest BCUT2D eigenvalue weighted by Gasteiger charge is 2.19. The van der Waals surface area contributed by atoms with Crippen LogP contribution in [0.15, 0.2) is 73.1 Å². The van der Waals surface area contributed by atoms with E-state index >= 15 is 0 Å². The summed E-state index contributed by atoms with van der Waals surface area (Å²) in [5.74, 6) is -0.274. The van der Waals surface area contributed by atoms with Crippen LogP contribution in [0.5, 0.6) is 0 Å². The lowest BCUT2D eigenvalue weighted by Crippen LogP contribution is -2.18. The molecule has 4 aromatic heterocycles. The second-order valence-corrected chi connectivity index (χ2v) is 11.4. The average molecular weight is 557 g/mol. The number of ether oxygens (including phenoxy) is 1. The van der Waals surface area contributed by atoms with E-state index in [4.69, 9.17) is 9.84 Å². The maximum atomic E-state index is 12.7. The molecule has 2 aromatic carbocycles. The number of aliphatic carboxylic acids is 1. The molecule has 0 saturated carbocycles. The van der Waals surface area contributed by atoms with Crippen LogP contribution < -0.4 is 5.32 Å². The minimum absolute atomic E-state index is 0.00812. The molecule has 0 aliphatic rings. The minimum Gasteiger partial charge on any atom is -0.481 e. The molecule has 0 fully saturated rings. The predicted octanol–water partition coefficient (Wildman–Crippen LogP) is 7.45. The highest BCUT2D eigenvalue weighted by molar-refractivity contribution is 7.31. The molecule has 4 heterocycles. The maximum Gasteiger partial charge on any atom is 0.413 e. The zero-order chi connectivity index (χ0) is 27.1. The first-order valence-electron chi connectivity index (χ1n) is 12.3. The van der Waals surface area contributed by atoms with Gasteiger partial charge in [-0.3, -0.25) is 14.8 Å². The Morgan fingerprint density at radius 1 is 1.08 bits per heavy atom. The van der Waals surface area contributed by atoms with Crippen molar-refractivity contribution < 1.29 is 19.4 Å². The van der Waals surface area contributed by atoms with Crippen molar-refractivity contribution >= 4 is 60.9 Å². The molecule has 39 heavy (non-hydrogen) atoms. The van der Waals surface area contributed by atoms with Crippen LogP contribution in [0, 0.1) is 0 Å². The van der Waals surface area contributed by atoms with Crippen LogP contribution in [-0.4, -0.2) is 31.9 Å². The molecule has 196 valence electrons. The number of carbonyl (C=O) groups excluding carboxylic acids is 1. The van der Waals surface area contributed by atoms with Gasteiger partial charge in [-0.1, -0.05) is 42.5 Å². The summed E-state index contributed by atoms with van der Waals surface area (Å²) >= 11 is 3.33. The lowest BCUT2D eigenvalue weighted by molar-refractivity contribution is -0.136. The van der Waals surface area contributed by atoms with Crippen molar-refractivity contribution in [2.24, 2.45) is 7.05 Å². The van der Waals surface area contributed by atoms with Gasteiger partial charge in [-0.15, -0.1) is 22.7 Å². The topological polar surface area (TPSA) is 109 Å². The Morgan fingerprint density at radius 2 is 1.82 bits per heavy atom. The lowest BCUT2D eigenvalue weighted by Gasteiger charge is -2.14. The molecule has 0 radical (unpaired) electrons. The van der Waals surface area contributed by atoms with E-state index in [9.17, 15) is 9.59 Å². The standard InChI is InChI=1S/C29H24N4O4S2/c1-16(17-6-4-3-5-7-17)37-29(36)32-28-21(15-31-33(28)2)24-13-26-25(39-24)12-23(38-26)18-8-9-20-19(11-27(34)35)14-30-22(20)10-18/h3-10,12-16,30H,11H2,1-2H3,(H,32,36)(H,34,35)/t16-/m1/s1. The number of amides is 1. The number of hydrogen-bond acceptors (Lipinski definition) is 6. The molecular formula is C29H24N4O4S2. The van der Waals surface area contributed by atoms with E-state index in [1.165, 1.54) is 0 Å². The molecule has 0 aliphatic heterocycles. The van der Waals surface area contributed by atoms with Gasteiger partial charge in [0, 0.05) is 43.3 Å². The van der Waals surface area contributed by atoms with Gasteiger partial charge in [0.1, 0.15) is 11.9 Å². The van der Waals surface area contributed by atoms with E-state index in [2.05, 4.69) is 33.6 Å². The van der Waals surface area contributed by atoms with E-state index in [1.54, 1.807) is 46.8 Å². The van der Waals surface area contributed by atoms with Crippen LogP contribution in [0.25, 0.3) is 41.2 Å². The second kappa shape index (κ2) is 10.0. The number of carboxylic acid groups (broad SMARTS) is 1. The van der Waals surface area contributed by atoms with Crippen molar-refractivity contribution in [3.8, 4) is 20.9 Å². The summed E-state index contributed by atoms with van der Waals surface area (Å²) in [6.07, 6.45) is 2.58. The first-order valence-corrected chi connectivity index (χ1v) is 13.9. The number of aromatic amines is 1. The van der Waals surface area contributed by atoms with Crippen molar-refractivity contribution in [2.75, 3.05) is 5.32 Å². The van der Waals surface area contributed by atoms with Gasteiger partial charge in [-0.05, 0) is 41.8 Å². The van der Waals surface area contributed by atoms with Crippen molar-refractivity contribution in [1.29, 1.82) is 0 Å². The van der Waals surface area contributed by atoms with Crippen molar-refractivity contribution in [1.82, 2.24) is 14.8 Å². The second-order valence-electron chi connectivity index (χ2n) is 9.21. The molecular weight excluding hydrogens is 532 g/mol. The number of benzene rings is 2. The number of hydrogen-bond donors (Lipinski definition) is 3. The Kier molecular flexibility index (Phi) is 6.41. The smallest absolute Gasteiger partial charge is 0.413 e. The average Bonchev–Trinajstić information content (AvgIpc) is 3.68. The van der Waals surface area contributed by atoms with Gasteiger partial charge in [-0.2, -0.15) is 5.10 Å². The molecule has 0 aliphatic carbocycles. The molecule has 1 amide bonds. The van der Waals surface area contributed by atoms with Gasteiger partial charge in [0.15, 0.2) is 0 Å². The molecule has 0 saturated heterocycles. The highest BCUT2D eigenvalue weighted by Crippen LogP contribution is 2.43. The number of nitrogens with zero attached hydrogens (tertiary/aromatic N) is 2. The molecule has 0 bridgehead atoms. The Labute approximate surface area is 231 Å². The molecule has 8 nitrogen and oxygen atoms in total. The van der Waals surface area contributed by atoms with Gasteiger partial charge in [-0.25, -0.2) is 4.79 Å². The van der Waals surface area contributed by atoms with Crippen molar-refractivity contribution in [2.45, 2.75) is 19.4 Å². The first kappa shape index (κ1) is 24.9. The molecule has 10 heteroatoms. The van der Waals surface area contributed by atoms with Crippen LogP contribution >= 0.6 is 22.7 Å². The summed E-state index contributed by atoms with van der Waals surface area (Å²) in [5.41, 5.74) is 4.51. The van der Waals surface area contributed by atoms with Crippen LogP contribution in [0.1, 0.15) is 24.2 Å². The van der Waals surface area contributed by atoms with Crippen LogP contribution in [-0.2, 0) is 23.0 Å². The SMILES string of the molecule is C[C@@H](OC(=O)Nc1c(-c2cc3sc(-c4ccc5c(CC(=O)O)c[nH]c5c4)cc3s2)cnn1C)c1ccccc1. The Bertz CT molecular complexity index is 1800. The van der Waals surface area contributed by atoms with Gasteiger partial charge in [0.25, 0.3) is 0 Å². The predicted molar refractivity (Wildman–Crippen MR) is 155 cm³/mol. The first-order chi connectivity index (χ1) is 18.9. The summed E-state index contributed by atoms with van der Waals surface area (Å²) in [6.45, 7) is 1.84. The maximum absolute atomic E-state index is 12.7. The van der Waals surface area contributed by atoms with Crippen LogP contribution in [0.2, 0.25) is 0 Å². The zero-order valence-corrected chi connectivity index (χ0v) is 22.7. The van der Waals surface area contributed by atoms with Gasteiger partial charge < -0.3 is 14.8 Å². The third kappa shape index (κ3) is 4.91. The van der Waals surface area contributed by atoms with E-state index in [0.29, 0.717) is 5.82 Å². The fraction of sp³-hybridized carbons (Fsp3) is 0.138. The number of carboxylic acids is 1. The van der Waals surface area contributed by atoms with Gasteiger partial charge >= 0.3 is 12.1 Å². The van der Waals surface area contributed by atoms with E-state index in [-0.39, 0.29) is 12.5 Å².